The molecule has 3 heterocycles. The van der Waals surface area contributed by atoms with Gasteiger partial charge in [0.1, 0.15) is 6.54 Å². The van der Waals surface area contributed by atoms with Gasteiger partial charge in [-0.2, -0.15) is 0 Å². The maximum absolute atomic E-state index is 13.1. The van der Waals surface area contributed by atoms with Crippen molar-refractivity contribution in [3.05, 3.63) is 46.8 Å². The molecular formula is C23H30N5O3+. The number of fused-ring (bicyclic) bond motifs is 2. The fourth-order valence-corrected chi connectivity index (χ4v) is 5.00. The highest BCUT2D eigenvalue weighted by Crippen LogP contribution is 2.24. The number of hydrogen-bond acceptors (Lipinski definition) is 6. The van der Waals surface area contributed by atoms with Crippen LogP contribution in [-0.2, 0) is 18.3 Å². The normalized spacial score (nSPS) is 22.0. The molecule has 1 aromatic heterocycles. The number of nitrogens with zero attached hydrogens (tertiary/aromatic N) is 5. The number of ketones is 2. The van der Waals surface area contributed by atoms with E-state index >= 15 is 0 Å². The monoisotopic (exact) mass is 424 g/mol. The fourth-order valence-electron chi connectivity index (χ4n) is 5.00. The Labute approximate surface area is 182 Å². The highest BCUT2D eigenvalue weighted by Gasteiger charge is 2.42. The third-order valence-electron chi connectivity index (χ3n) is 6.72. The zero-order chi connectivity index (χ0) is 21.4. The summed E-state index contributed by atoms with van der Waals surface area (Å²) in [5, 5.41) is 4.38. The van der Waals surface area contributed by atoms with E-state index in [4.69, 9.17) is 4.74 Å². The third kappa shape index (κ3) is 3.95. The molecule has 8 heteroatoms. The Morgan fingerprint density at radius 2 is 1.77 bits per heavy atom. The van der Waals surface area contributed by atoms with E-state index in [0.717, 1.165) is 52.3 Å². The van der Waals surface area contributed by atoms with Gasteiger partial charge in [-0.25, -0.2) is 0 Å². The van der Waals surface area contributed by atoms with E-state index in [0.29, 0.717) is 29.5 Å². The van der Waals surface area contributed by atoms with Gasteiger partial charge in [0.2, 0.25) is 11.6 Å². The molecule has 5 rings (SSSR count). The van der Waals surface area contributed by atoms with Crippen LogP contribution in [0, 0.1) is 0 Å². The maximum Gasteiger partial charge on any atom is 0.300 e. The summed E-state index contributed by atoms with van der Waals surface area (Å²) < 4.78 is 7.63. The van der Waals surface area contributed by atoms with Gasteiger partial charge in [-0.3, -0.25) is 14.5 Å². The molecule has 0 radical (unpaired) electrons. The minimum absolute atomic E-state index is 0.110. The lowest BCUT2D eigenvalue weighted by molar-refractivity contribution is -0.779. The Morgan fingerprint density at radius 3 is 2.48 bits per heavy atom. The molecule has 8 nitrogen and oxygen atoms in total. The molecule has 0 bridgehead atoms. The molecule has 1 aromatic carbocycles. The first kappa shape index (κ1) is 20.5. The van der Waals surface area contributed by atoms with Crippen LogP contribution in [0.5, 0.6) is 0 Å². The summed E-state index contributed by atoms with van der Waals surface area (Å²) in [7, 11) is 1.80. The molecule has 31 heavy (non-hydrogen) atoms. The van der Waals surface area contributed by atoms with Crippen molar-refractivity contribution < 1.29 is 19.0 Å². The van der Waals surface area contributed by atoms with E-state index in [-0.39, 0.29) is 17.3 Å². The second-order valence-corrected chi connectivity index (χ2v) is 8.74. The highest BCUT2D eigenvalue weighted by atomic mass is 16.5. The Kier molecular flexibility index (Phi) is 5.69. The largest absolute Gasteiger partial charge is 0.377 e. The zero-order valence-corrected chi connectivity index (χ0v) is 18.1. The molecule has 2 aromatic rings. The molecule has 0 N–H and O–H groups in total. The van der Waals surface area contributed by atoms with Gasteiger partial charge in [0, 0.05) is 57.0 Å². The molecule has 0 amide bonds. The van der Waals surface area contributed by atoms with E-state index in [9.17, 15) is 9.59 Å². The van der Waals surface area contributed by atoms with Crippen LogP contribution in [-0.4, -0.2) is 83.2 Å². The van der Waals surface area contributed by atoms with Crippen molar-refractivity contribution in [2.45, 2.75) is 31.9 Å². The Balaban J connectivity index is 1.18. The predicted octanol–water partition coefficient (Wildman–Crippen LogP) is 0.670. The summed E-state index contributed by atoms with van der Waals surface area (Å²) in [6.45, 7) is 7.89. The zero-order valence-electron chi connectivity index (χ0n) is 18.1. The molecule has 3 aliphatic rings. The van der Waals surface area contributed by atoms with Crippen molar-refractivity contribution in [1.82, 2.24) is 19.7 Å². The van der Waals surface area contributed by atoms with Crippen molar-refractivity contribution in [2.24, 2.45) is 7.05 Å². The number of piperazine rings is 1. The number of carbonyl (C=O) groups is 2. The van der Waals surface area contributed by atoms with E-state index in [1.807, 2.05) is 4.68 Å². The van der Waals surface area contributed by atoms with Gasteiger partial charge in [0.15, 0.2) is 0 Å². The fraction of sp³-hybridized carbons (Fsp3) is 0.565. The molecule has 164 valence electrons. The molecule has 2 saturated heterocycles. The van der Waals surface area contributed by atoms with Crippen LogP contribution in [0.25, 0.3) is 0 Å². The maximum atomic E-state index is 13.1. The van der Waals surface area contributed by atoms with Crippen LogP contribution in [0.1, 0.15) is 51.4 Å². The standard InChI is InChI=1S/C23H30N5O3/c1-25-24-20-21(23(30)19-8-3-2-7-18(19)22(20)29)28(25)10-5-9-26-11-13-27(14-12-26)16-17-6-4-15-31-17/h2-3,7-8,17H,4-6,9-16H2,1H3/q+1. The summed E-state index contributed by atoms with van der Waals surface area (Å²) in [4.78, 5) is 32.6. The van der Waals surface area contributed by atoms with Gasteiger partial charge in [-0.05, 0) is 24.1 Å². The van der Waals surface area contributed by atoms with Crippen LogP contribution in [0.3, 0.4) is 0 Å². The van der Waals surface area contributed by atoms with Crippen molar-refractivity contribution in [1.29, 1.82) is 0 Å². The molecule has 0 saturated carbocycles. The lowest BCUT2D eigenvalue weighted by Crippen LogP contribution is -2.51. The predicted molar refractivity (Wildman–Crippen MR) is 113 cm³/mol. The average molecular weight is 425 g/mol. The Bertz CT molecular complexity index is 987. The number of rotatable bonds is 6. The molecule has 1 aliphatic carbocycles. The molecule has 2 fully saturated rings. The molecule has 0 spiro atoms. The Hall–Kier alpha value is -2.42. The number of benzene rings is 1. The first-order valence-electron chi connectivity index (χ1n) is 11.3. The van der Waals surface area contributed by atoms with Crippen LogP contribution < -0.4 is 4.68 Å². The minimum atomic E-state index is -0.165. The van der Waals surface area contributed by atoms with Gasteiger partial charge in [-0.15, -0.1) is 4.68 Å². The highest BCUT2D eigenvalue weighted by molar-refractivity contribution is 6.26. The van der Waals surface area contributed by atoms with Crippen LogP contribution >= 0.6 is 0 Å². The van der Waals surface area contributed by atoms with Crippen LogP contribution in [0.15, 0.2) is 24.3 Å². The summed E-state index contributed by atoms with van der Waals surface area (Å²) in [6.07, 6.45) is 3.72. The SMILES string of the molecule is Cn1nc2c([n+]1CCCN1CCN(CC3CCCO3)CC1)C(=O)c1ccccc1C2=O. The summed E-state index contributed by atoms with van der Waals surface area (Å²) in [6, 6.07) is 7.02. The van der Waals surface area contributed by atoms with Crippen molar-refractivity contribution in [2.75, 3.05) is 45.9 Å². The quantitative estimate of drug-likeness (QED) is 0.542. The summed E-state index contributed by atoms with van der Waals surface area (Å²) >= 11 is 0. The summed E-state index contributed by atoms with van der Waals surface area (Å²) in [5.74, 6) is -0.275. The van der Waals surface area contributed by atoms with E-state index in [2.05, 4.69) is 14.9 Å². The number of aryl methyl sites for hydroxylation is 1. The number of hydrogen-bond donors (Lipinski definition) is 0. The van der Waals surface area contributed by atoms with Gasteiger partial charge in [-0.1, -0.05) is 24.3 Å². The topological polar surface area (TPSA) is 71.5 Å². The lowest BCUT2D eigenvalue weighted by Gasteiger charge is -2.35. The first-order chi connectivity index (χ1) is 15.1. The van der Waals surface area contributed by atoms with E-state index < -0.39 is 0 Å². The Morgan fingerprint density at radius 1 is 1.06 bits per heavy atom. The number of ether oxygens (including phenoxy) is 1. The second kappa shape index (κ2) is 8.61. The van der Waals surface area contributed by atoms with Crippen molar-refractivity contribution >= 4 is 11.6 Å². The molecular weight excluding hydrogens is 394 g/mol. The smallest absolute Gasteiger partial charge is 0.300 e. The van der Waals surface area contributed by atoms with Gasteiger partial charge in [0.05, 0.1) is 18.3 Å². The van der Waals surface area contributed by atoms with Crippen LogP contribution in [0.4, 0.5) is 0 Å². The van der Waals surface area contributed by atoms with Gasteiger partial charge in [0.25, 0.3) is 5.69 Å². The first-order valence-corrected chi connectivity index (χ1v) is 11.3. The van der Waals surface area contributed by atoms with Gasteiger partial charge < -0.3 is 9.64 Å². The average Bonchev–Trinajstić information content (AvgIpc) is 3.41. The molecule has 1 unspecified atom stereocenters. The molecule has 2 aliphatic heterocycles. The lowest BCUT2D eigenvalue weighted by atomic mass is 9.90. The number of aromatic nitrogens is 3. The van der Waals surface area contributed by atoms with Gasteiger partial charge >= 0.3 is 5.69 Å². The van der Waals surface area contributed by atoms with E-state index in [1.165, 1.54) is 12.8 Å². The van der Waals surface area contributed by atoms with Crippen molar-refractivity contribution in [3.63, 3.8) is 0 Å². The number of carbonyl (C=O) groups excluding carboxylic acids is 2. The van der Waals surface area contributed by atoms with Crippen LogP contribution in [0.2, 0.25) is 0 Å². The van der Waals surface area contributed by atoms with Crippen molar-refractivity contribution in [3.8, 4) is 0 Å². The minimum Gasteiger partial charge on any atom is -0.377 e. The second-order valence-electron chi connectivity index (χ2n) is 8.74. The third-order valence-corrected chi connectivity index (χ3v) is 6.72. The summed E-state index contributed by atoms with van der Waals surface area (Å²) in [5.41, 5.74) is 1.62. The molecule has 1 atom stereocenters. The van der Waals surface area contributed by atoms with E-state index in [1.54, 1.807) is 36.1 Å².